The maximum Gasteiger partial charge on any atom is 0.0469 e. The van der Waals surface area contributed by atoms with E-state index in [4.69, 9.17) is 4.74 Å². The average Bonchev–Trinajstić information content (AvgIpc) is 2.68. The number of nitrogens with one attached hydrogen (secondary N) is 1. The Bertz CT molecular complexity index is 429. The number of hydrogen-bond donors (Lipinski definition) is 1. The quantitative estimate of drug-likeness (QED) is 0.917. The molecule has 1 aromatic carbocycles. The van der Waals surface area contributed by atoms with E-state index in [0.29, 0.717) is 6.04 Å². The molecule has 1 aromatic rings. The summed E-state index contributed by atoms with van der Waals surface area (Å²) in [6.07, 6.45) is 3.62. The molecule has 110 valence electrons. The van der Waals surface area contributed by atoms with Gasteiger partial charge in [0.05, 0.1) is 0 Å². The first-order valence-corrected chi connectivity index (χ1v) is 8.00. The molecule has 0 aliphatic carbocycles. The second-order valence-electron chi connectivity index (χ2n) is 6.08. The Morgan fingerprint density at radius 1 is 1.25 bits per heavy atom. The minimum absolute atomic E-state index is 0.599. The summed E-state index contributed by atoms with van der Waals surface area (Å²) < 4.78 is 5.49. The fourth-order valence-electron chi connectivity index (χ4n) is 3.34. The van der Waals surface area contributed by atoms with Crippen molar-refractivity contribution >= 4 is 5.69 Å². The van der Waals surface area contributed by atoms with E-state index in [-0.39, 0.29) is 0 Å². The fraction of sp³-hybridized carbons (Fsp3) is 0.647. The zero-order chi connectivity index (χ0) is 13.8. The van der Waals surface area contributed by atoms with Gasteiger partial charge in [-0.25, -0.2) is 0 Å². The number of hydrogen-bond acceptors (Lipinski definition) is 3. The van der Waals surface area contributed by atoms with Gasteiger partial charge in [0.2, 0.25) is 0 Å². The first-order valence-electron chi connectivity index (χ1n) is 8.00. The van der Waals surface area contributed by atoms with Crippen LogP contribution in [-0.2, 0) is 11.3 Å². The first kappa shape index (κ1) is 13.9. The van der Waals surface area contributed by atoms with Crippen molar-refractivity contribution in [3.8, 4) is 0 Å². The van der Waals surface area contributed by atoms with E-state index in [1.807, 2.05) is 0 Å². The Morgan fingerprint density at radius 2 is 2.05 bits per heavy atom. The highest BCUT2D eigenvalue weighted by Crippen LogP contribution is 2.27. The lowest BCUT2D eigenvalue weighted by atomic mass is 9.98. The molecule has 2 heterocycles. The zero-order valence-electron chi connectivity index (χ0n) is 12.5. The van der Waals surface area contributed by atoms with Gasteiger partial charge in [-0.15, -0.1) is 0 Å². The van der Waals surface area contributed by atoms with Crippen LogP contribution in [0.25, 0.3) is 0 Å². The van der Waals surface area contributed by atoms with Crippen LogP contribution in [0.4, 0.5) is 5.69 Å². The predicted octanol–water partition coefficient (Wildman–Crippen LogP) is 2.80. The summed E-state index contributed by atoms with van der Waals surface area (Å²) in [7, 11) is 0. The Balaban J connectivity index is 1.77. The fourth-order valence-corrected chi connectivity index (χ4v) is 3.34. The van der Waals surface area contributed by atoms with E-state index in [2.05, 4.69) is 41.4 Å². The van der Waals surface area contributed by atoms with Crippen LogP contribution in [0, 0.1) is 5.92 Å². The van der Waals surface area contributed by atoms with Crippen LogP contribution in [0.5, 0.6) is 0 Å². The second kappa shape index (κ2) is 6.59. The van der Waals surface area contributed by atoms with Gasteiger partial charge in [0.15, 0.2) is 0 Å². The van der Waals surface area contributed by atoms with Crippen molar-refractivity contribution < 1.29 is 4.74 Å². The molecule has 0 radical (unpaired) electrons. The van der Waals surface area contributed by atoms with Crippen LogP contribution in [0.2, 0.25) is 0 Å². The molecular formula is C17H26N2O. The summed E-state index contributed by atoms with van der Waals surface area (Å²) in [5.41, 5.74) is 2.87. The molecule has 20 heavy (non-hydrogen) atoms. The predicted molar refractivity (Wildman–Crippen MR) is 83.1 cm³/mol. The van der Waals surface area contributed by atoms with E-state index in [1.54, 1.807) is 0 Å². The van der Waals surface area contributed by atoms with Gasteiger partial charge < -0.3 is 15.0 Å². The average molecular weight is 274 g/mol. The standard InChI is InChI=1S/C17H26N2O/c1-2-16-13-19(12-14-7-9-20-10-8-14)17-6-4-3-5-15(17)11-18-16/h3-6,14,16,18H,2,7-13H2,1H3. The molecule has 3 rings (SSSR count). The molecule has 0 spiro atoms. The van der Waals surface area contributed by atoms with Crippen LogP contribution in [0.3, 0.4) is 0 Å². The van der Waals surface area contributed by atoms with Gasteiger partial charge in [-0.3, -0.25) is 0 Å². The van der Waals surface area contributed by atoms with Gasteiger partial charge in [-0.05, 0) is 36.8 Å². The van der Waals surface area contributed by atoms with E-state index in [0.717, 1.165) is 32.2 Å². The van der Waals surface area contributed by atoms with Gasteiger partial charge >= 0.3 is 0 Å². The smallest absolute Gasteiger partial charge is 0.0469 e. The number of fused-ring (bicyclic) bond motifs is 1. The van der Waals surface area contributed by atoms with E-state index >= 15 is 0 Å². The number of anilines is 1. The van der Waals surface area contributed by atoms with E-state index in [1.165, 1.54) is 37.1 Å². The summed E-state index contributed by atoms with van der Waals surface area (Å²) in [6, 6.07) is 9.47. The molecule has 2 aliphatic heterocycles. The maximum absolute atomic E-state index is 5.49. The summed E-state index contributed by atoms with van der Waals surface area (Å²) >= 11 is 0. The Kier molecular flexibility index (Phi) is 4.58. The van der Waals surface area contributed by atoms with Crippen LogP contribution < -0.4 is 10.2 Å². The summed E-state index contributed by atoms with van der Waals surface area (Å²) in [5, 5.41) is 3.69. The van der Waals surface area contributed by atoms with Gasteiger partial charge in [0, 0.05) is 44.6 Å². The van der Waals surface area contributed by atoms with Crippen LogP contribution >= 0.6 is 0 Å². The molecular weight excluding hydrogens is 248 g/mol. The molecule has 1 unspecified atom stereocenters. The monoisotopic (exact) mass is 274 g/mol. The molecule has 1 saturated heterocycles. The molecule has 1 N–H and O–H groups in total. The number of para-hydroxylation sites is 1. The first-order chi connectivity index (χ1) is 9.86. The van der Waals surface area contributed by atoms with Crippen molar-refractivity contribution in [2.75, 3.05) is 31.2 Å². The topological polar surface area (TPSA) is 24.5 Å². The summed E-state index contributed by atoms with van der Waals surface area (Å²) in [5.74, 6) is 0.785. The molecule has 3 nitrogen and oxygen atoms in total. The number of nitrogens with zero attached hydrogens (tertiary/aromatic N) is 1. The highest BCUT2D eigenvalue weighted by Gasteiger charge is 2.23. The van der Waals surface area contributed by atoms with Gasteiger partial charge in [0.1, 0.15) is 0 Å². The highest BCUT2D eigenvalue weighted by molar-refractivity contribution is 5.54. The molecule has 0 amide bonds. The lowest BCUT2D eigenvalue weighted by Gasteiger charge is -2.32. The largest absolute Gasteiger partial charge is 0.381 e. The second-order valence-corrected chi connectivity index (χ2v) is 6.08. The Labute approximate surface area is 122 Å². The van der Waals surface area contributed by atoms with Crippen LogP contribution in [-0.4, -0.2) is 32.3 Å². The van der Waals surface area contributed by atoms with Crippen molar-refractivity contribution in [2.24, 2.45) is 5.92 Å². The minimum atomic E-state index is 0.599. The number of ether oxygens (including phenoxy) is 1. The molecule has 3 heteroatoms. The normalized spacial score (nSPS) is 24.2. The third-order valence-electron chi connectivity index (χ3n) is 4.67. The molecule has 1 atom stereocenters. The zero-order valence-corrected chi connectivity index (χ0v) is 12.5. The molecule has 2 aliphatic rings. The van der Waals surface area contributed by atoms with Crippen LogP contribution in [0.1, 0.15) is 31.7 Å². The third kappa shape index (κ3) is 3.15. The lowest BCUT2D eigenvalue weighted by Crippen LogP contribution is -2.40. The van der Waals surface area contributed by atoms with Gasteiger partial charge in [-0.1, -0.05) is 25.1 Å². The molecule has 0 aromatic heterocycles. The van der Waals surface area contributed by atoms with Gasteiger partial charge in [0.25, 0.3) is 0 Å². The molecule has 1 fully saturated rings. The van der Waals surface area contributed by atoms with E-state index < -0.39 is 0 Å². The maximum atomic E-state index is 5.49. The molecule has 0 saturated carbocycles. The van der Waals surface area contributed by atoms with Crippen molar-refractivity contribution in [1.82, 2.24) is 5.32 Å². The van der Waals surface area contributed by atoms with Crippen molar-refractivity contribution in [3.63, 3.8) is 0 Å². The summed E-state index contributed by atoms with van der Waals surface area (Å²) in [4.78, 5) is 2.61. The number of benzene rings is 1. The van der Waals surface area contributed by atoms with Crippen molar-refractivity contribution in [2.45, 2.75) is 38.8 Å². The van der Waals surface area contributed by atoms with Crippen molar-refractivity contribution in [3.05, 3.63) is 29.8 Å². The Hall–Kier alpha value is -1.06. The van der Waals surface area contributed by atoms with Crippen LogP contribution in [0.15, 0.2) is 24.3 Å². The SMILES string of the molecule is CCC1CN(CC2CCOCC2)c2ccccc2CN1. The van der Waals surface area contributed by atoms with E-state index in [9.17, 15) is 0 Å². The third-order valence-corrected chi connectivity index (χ3v) is 4.67. The molecule has 0 bridgehead atoms. The Morgan fingerprint density at radius 3 is 2.85 bits per heavy atom. The minimum Gasteiger partial charge on any atom is -0.381 e. The van der Waals surface area contributed by atoms with Gasteiger partial charge in [-0.2, -0.15) is 0 Å². The number of rotatable bonds is 3. The summed E-state index contributed by atoms with van der Waals surface area (Å²) in [6.45, 7) is 7.47. The van der Waals surface area contributed by atoms with Crippen molar-refractivity contribution in [1.29, 1.82) is 0 Å². The lowest BCUT2D eigenvalue weighted by molar-refractivity contribution is 0.0681. The highest BCUT2D eigenvalue weighted by atomic mass is 16.5.